The molecule has 7 heteroatoms. The van der Waals surface area contributed by atoms with Crippen LogP contribution in [0.4, 0.5) is 5.82 Å². The molecule has 0 aliphatic heterocycles. The molecular formula is C22H39N5O2. The van der Waals surface area contributed by atoms with Crippen molar-refractivity contribution in [2.75, 3.05) is 5.73 Å². The number of aryl methyl sites for hydroxylation is 1. The average molecular weight is 406 g/mol. The first-order valence-electron chi connectivity index (χ1n) is 11.5. The van der Waals surface area contributed by atoms with Crippen LogP contribution < -0.4 is 16.2 Å². The van der Waals surface area contributed by atoms with Crippen molar-refractivity contribution in [2.45, 2.75) is 110 Å². The average Bonchev–Trinajstić information content (AvgIpc) is 2.99. The second-order valence-electron chi connectivity index (χ2n) is 8.07. The van der Waals surface area contributed by atoms with E-state index in [1.807, 2.05) is 6.92 Å². The number of rotatable bonds is 15. The van der Waals surface area contributed by atoms with Gasteiger partial charge in [-0.1, -0.05) is 78.1 Å². The van der Waals surface area contributed by atoms with Crippen molar-refractivity contribution in [1.82, 2.24) is 19.5 Å². The number of nitrogens with one attached hydrogen (secondary N) is 1. The van der Waals surface area contributed by atoms with Gasteiger partial charge in [0.2, 0.25) is 0 Å². The molecule has 29 heavy (non-hydrogen) atoms. The minimum atomic E-state index is -0.185. The van der Waals surface area contributed by atoms with Crippen LogP contribution in [0.2, 0.25) is 0 Å². The van der Waals surface area contributed by atoms with Crippen LogP contribution in [-0.4, -0.2) is 25.6 Å². The van der Waals surface area contributed by atoms with E-state index in [0.29, 0.717) is 17.7 Å². The molecule has 0 spiro atoms. The number of nitrogen functional groups attached to an aromatic ring is 1. The summed E-state index contributed by atoms with van der Waals surface area (Å²) in [5.74, 6) is 0.257. The van der Waals surface area contributed by atoms with Gasteiger partial charge in [-0.3, -0.25) is 4.57 Å². The number of ether oxygens (including phenoxy) is 1. The molecule has 0 saturated carbocycles. The van der Waals surface area contributed by atoms with E-state index in [2.05, 4.69) is 28.8 Å². The van der Waals surface area contributed by atoms with Crippen molar-refractivity contribution in [3.05, 3.63) is 10.5 Å². The van der Waals surface area contributed by atoms with Crippen LogP contribution in [-0.2, 0) is 6.54 Å². The van der Waals surface area contributed by atoms with Crippen LogP contribution in [0.1, 0.15) is 97.8 Å². The van der Waals surface area contributed by atoms with Gasteiger partial charge in [-0.25, -0.2) is 4.79 Å². The monoisotopic (exact) mass is 405 g/mol. The third kappa shape index (κ3) is 7.37. The number of imidazole rings is 1. The molecule has 0 unspecified atom stereocenters. The van der Waals surface area contributed by atoms with Gasteiger partial charge in [0.15, 0.2) is 11.5 Å². The maximum atomic E-state index is 12.4. The van der Waals surface area contributed by atoms with Gasteiger partial charge < -0.3 is 15.5 Å². The molecule has 2 rings (SSSR count). The van der Waals surface area contributed by atoms with Crippen LogP contribution in [0.15, 0.2) is 4.79 Å². The Balaban J connectivity index is 1.86. The minimum Gasteiger partial charge on any atom is -0.460 e. The first kappa shape index (κ1) is 23.2. The van der Waals surface area contributed by atoms with Crippen molar-refractivity contribution in [1.29, 1.82) is 0 Å². The fraction of sp³-hybridized carbons (Fsp3) is 0.773. The third-order valence-electron chi connectivity index (χ3n) is 5.37. The molecule has 0 radical (unpaired) electrons. The largest absolute Gasteiger partial charge is 0.460 e. The lowest BCUT2D eigenvalue weighted by Gasteiger charge is -2.12. The maximum absolute atomic E-state index is 12.4. The van der Waals surface area contributed by atoms with Crippen LogP contribution in [0.25, 0.3) is 11.2 Å². The summed E-state index contributed by atoms with van der Waals surface area (Å²) >= 11 is 0. The number of hydrogen-bond acceptors (Lipinski definition) is 5. The van der Waals surface area contributed by atoms with Crippen LogP contribution >= 0.6 is 0 Å². The smallest absolute Gasteiger partial charge is 0.327 e. The summed E-state index contributed by atoms with van der Waals surface area (Å²) in [5, 5.41) is 0. The number of nitrogens with zero attached hydrogens (tertiary/aromatic N) is 3. The first-order valence-corrected chi connectivity index (χ1v) is 11.5. The highest BCUT2D eigenvalue weighted by atomic mass is 16.5. The summed E-state index contributed by atoms with van der Waals surface area (Å²) in [4.78, 5) is 23.8. The molecule has 0 amide bonds. The molecule has 2 aromatic rings. The molecule has 0 aromatic carbocycles. The number of fused-ring (bicyclic) bond motifs is 1. The number of aromatic amines is 1. The van der Waals surface area contributed by atoms with Crippen molar-refractivity contribution in [3.63, 3.8) is 0 Å². The second kappa shape index (κ2) is 12.5. The lowest BCUT2D eigenvalue weighted by Crippen LogP contribution is -2.17. The third-order valence-corrected chi connectivity index (χ3v) is 5.37. The molecule has 0 aliphatic carbocycles. The molecule has 2 aromatic heterocycles. The summed E-state index contributed by atoms with van der Waals surface area (Å²) < 4.78 is 7.44. The van der Waals surface area contributed by atoms with Gasteiger partial charge in [0.25, 0.3) is 0 Å². The summed E-state index contributed by atoms with van der Waals surface area (Å²) in [7, 11) is 0. The molecule has 164 valence electrons. The zero-order valence-corrected chi connectivity index (χ0v) is 18.5. The standard InChI is InChI=1S/C22H39N5O2/c1-4-6-7-8-9-10-11-12-13-14-16-27-20-18(24-22(27)28)19(23)25-21(26-20)29-17(3)15-5-2/h17H,4-16H2,1-3H3,(H,24,28)(H2,23,25,26)/t17-/m0/s1. The first-order chi connectivity index (χ1) is 14.1. The predicted molar refractivity (Wildman–Crippen MR) is 119 cm³/mol. The number of unbranched alkanes of at least 4 members (excludes halogenated alkanes) is 9. The summed E-state index contributed by atoms with van der Waals surface area (Å²) in [6.45, 7) is 6.98. The van der Waals surface area contributed by atoms with E-state index in [1.54, 1.807) is 4.57 Å². The zero-order chi connectivity index (χ0) is 21.1. The highest BCUT2D eigenvalue weighted by molar-refractivity contribution is 5.81. The second-order valence-corrected chi connectivity index (χ2v) is 8.07. The molecule has 0 saturated heterocycles. The van der Waals surface area contributed by atoms with E-state index in [0.717, 1.165) is 25.7 Å². The van der Waals surface area contributed by atoms with Gasteiger partial charge in [-0.2, -0.15) is 9.97 Å². The Kier molecular flexibility index (Phi) is 10.0. The molecule has 2 heterocycles. The van der Waals surface area contributed by atoms with Crippen LogP contribution in [0.3, 0.4) is 0 Å². The highest BCUT2D eigenvalue weighted by Crippen LogP contribution is 2.19. The van der Waals surface area contributed by atoms with E-state index in [1.165, 1.54) is 51.4 Å². The fourth-order valence-corrected chi connectivity index (χ4v) is 3.69. The maximum Gasteiger partial charge on any atom is 0.327 e. The highest BCUT2D eigenvalue weighted by Gasteiger charge is 2.15. The molecule has 0 bridgehead atoms. The van der Waals surface area contributed by atoms with Crippen LogP contribution in [0, 0.1) is 0 Å². The Morgan fingerprint density at radius 2 is 1.59 bits per heavy atom. The quantitative estimate of drug-likeness (QED) is 0.397. The van der Waals surface area contributed by atoms with E-state index in [9.17, 15) is 4.79 Å². The van der Waals surface area contributed by atoms with Gasteiger partial charge in [-0.15, -0.1) is 0 Å². The van der Waals surface area contributed by atoms with Crippen molar-refractivity contribution in [2.24, 2.45) is 0 Å². The Bertz CT molecular complexity index is 783. The number of aromatic nitrogens is 4. The van der Waals surface area contributed by atoms with Crippen molar-refractivity contribution >= 4 is 17.0 Å². The predicted octanol–water partition coefficient (Wildman–Crippen LogP) is 5.19. The fourth-order valence-electron chi connectivity index (χ4n) is 3.69. The van der Waals surface area contributed by atoms with Crippen molar-refractivity contribution in [3.8, 4) is 6.01 Å². The number of hydrogen-bond donors (Lipinski definition) is 2. The van der Waals surface area contributed by atoms with Gasteiger partial charge in [0.1, 0.15) is 5.52 Å². The molecule has 7 nitrogen and oxygen atoms in total. The van der Waals surface area contributed by atoms with Gasteiger partial charge in [0.05, 0.1) is 6.10 Å². The molecule has 0 aliphatic rings. The SMILES string of the molecule is CCCCCCCCCCCCn1c(=O)[nH]c2c(N)nc(O[C@@H](C)CCC)nc21. The lowest BCUT2D eigenvalue weighted by atomic mass is 10.1. The van der Waals surface area contributed by atoms with Gasteiger partial charge >= 0.3 is 11.7 Å². The number of nitrogens with two attached hydrogens (primary N) is 1. The topological polar surface area (TPSA) is 98.8 Å². The number of H-pyrrole nitrogens is 1. The molecular weight excluding hydrogens is 366 g/mol. The Hall–Kier alpha value is -2.05. The summed E-state index contributed by atoms with van der Waals surface area (Å²) in [6, 6.07) is 0.242. The molecule has 1 atom stereocenters. The van der Waals surface area contributed by atoms with E-state index in [4.69, 9.17) is 10.5 Å². The molecule has 3 N–H and O–H groups in total. The normalized spacial score (nSPS) is 12.5. The van der Waals surface area contributed by atoms with E-state index < -0.39 is 0 Å². The summed E-state index contributed by atoms with van der Waals surface area (Å²) in [5.41, 5.74) is 6.88. The molecule has 0 fully saturated rings. The lowest BCUT2D eigenvalue weighted by molar-refractivity contribution is 0.193. The minimum absolute atomic E-state index is 0.0120. The Labute approximate surface area is 174 Å². The zero-order valence-electron chi connectivity index (χ0n) is 18.5. The summed E-state index contributed by atoms with van der Waals surface area (Å²) in [6.07, 6.45) is 14.6. The van der Waals surface area contributed by atoms with E-state index in [-0.39, 0.29) is 23.6 Å². The van der Waals surface area contributed by atoms with Gasteiger partial charge in [-0.05, 0) is 19.8 Å². The van der Waals surface area contributed by atoms with E-state index >= 15 is 0 Å². The Morgan fingerprint density at radius 3 is 2.21 bits per heavy atom. The Morgan fingerprint density at radius 1 is 0.966 bits per heavy atom. The van der Waals surface area contributed by atoms with Crippen molar-refractivity contribution < 1.29 is 4.74 Å². The number of anilines is 1. The van der Waals surface area contributed by atoms with Crippen LogP contribution in [0.5, 0.6) is 6.01 Å². The van der Waals surface area contributed by atoms with Gasteiger partial charge in [0, 0.05) is 6.54 Å².